The lowest BCUT2D eigenvalue weighted by atomic mass is 10.0. The maximum Gasteiger partial charge on any atom is 0.329 e. The van der Waals surface area contributed by atoms with Crippen LogP contribution in [0.1, 0.15) is 35.5 Å². The number of carbonyl (C=O) groups is 4. The summed E-state index contributed by atoms with van der Waals surface area (Å²) in [6, 6.07) is 6.93. The Morgan fingerprint density at radius 1 is 1.27 bits per heavy atom. The molecule has 156 valence electrons. The Labute approximate surface area is 176 Å². The first-order valence-corrected chi connectivity index (χ1v) is 9.91. The van der Waals surface area contributed by atoms with Crippen molar-refractivity contribution in [1.29, 1.82) is 0 Å². The van der Waals surface area contributed by atoms with E-state index in [1.54, 1.807) is 38.1 Å². The van der Waals surface area contributed by atoms with E-state index in [1.807, 2.05) is 0 Å². The molecule has 1 fully saturated rings. The van der Waals surface area contributed by atoms with Crippen molar-refractivity contribution in [2.75, 3.05) is 6.61 Å². The SMILES string of the molecule is CCOC(=O)[C@@H](C)N1C(=O)S/C(=C/c2ccc(-c3cccc(C(=O)[O-])c3C)o2)C1=O. The van der Waals surface area contributed by atoms with Crippen molar-refractivity contribution in [3.63, 3.8) is 0 Å². The molecule has 9 heteroatoms. The molecule has 3 rings (SSSR count). The number of benzene rings is 1. The van der Waals surface area contributed by atoms with Gasteiger partial charge in [-0.3, -0.25) is 14.5 Å². The number of aromatic carboxylic acids is 1. The van der Waals surface area contributed by atoms with Gasteiger partial charge in [-0.15, -0.1) is 0 Å². The van der Waals surface area contributed by atoms with Crippen LogP contribution < -0.4 is 5.11 Å². The van der Waals surface area contributed by atoms with E-state index in [0.717, 1.165) is 4.90 Å². The molecule has 0 N–H and O–H groups in total. The summed E-state index contributed by atoms with van der Waals surface area (Å²) in [5.41, 5.74) is 1.11. The maximum absolute atomic E-state index is 12.6. The fourth-order valence-electron chi connectivity index (χ4n) is 3.01. The van der Waals surface area contributed by atoms with E-state index < -0.39 is 29.1 Å². The topological polar surface area (TPSA) is 117 Å². The summed E-state index contributed by atoms with van der Waals surface area (Å²) in [7, 11) is 0. The predicted octanol–water partition coefficient (Wildman–Crippen LogP) is 2.61. The molecule has 1 saturated heterocycles. The third-order valence-electron chi connectivity index (χ3n) is 4.56. The number of ether oxygens (including phenoxy) is 1. The van der Waals surface area contributed by atoms with Crippen LogP contribution >= 0.6 is 11.8 Å². The summed E-state index contributed by atoms with van der Waals surface area (Å²) in [4.78, 5) is 48.9. The Morgan fingerprint density at radius 3 is 2.67 bits per heavy atom. The summed E-state index contributed by atoms with van der Waals surface area (Å²) in [6.45, 7) is 4.85. The van der Waals surface area contributed by atoms with E-state index >= 15 is 0 Å². The number of hydrogen-bond acceptors (Lipinski definition) is 8. The molecule has 0 spiro atoms. The fourth-order valence-corrected chi connectivity index (χ4v) is 3.90. The van der Waals surface area contributed by atoms with Crippen molar-refractivity contribution in [2.45, 2.75) is 26.8 Å². The first-order chi connectivity index (χ1) is 14.2. The van der Waals surface area contributed by atoms with Gasteiger partial charge in [0.05, 0.1) is 17.5 Å². The molecule has 2 heterocycles. The van der Waals surface area contributed by atoms with Crippen molar-refractivity contribution >= 4 is 40.9 Å². The van der Waals surface area contributed by atoms with Gasteiger partial charge in [0.15, 0.2) is 0 Å². The van der Waals surface area contributed by atoms with Gasteiger partial charge in [0.1, 0.15) is 17.6 Å². The largest absolute Gasteiger partial charge is 0.545 e. The van der Waals surface area contributed by atoms with Crippen molar-refractivity contribution in [1.82, 2.24) is 4.90 Å². The molecule has 8 nitrogen and oxygen atoms in total. The number of amides is 2. The summed E-state index contributed by atoms with van der Waals surface area (Å²) < 4.78 is 10.6. The van der Waals surface area contributed by atoms with E-state index in [2.05, 4.69) is 0 Å². The number of hydrogen-bond donors (Lipinski definition) is 0. The van der Waals surface area contributed by atoms with Gasteiger partial charge in [-0.25, -0.2) is 4.79 Å². The third kappa shape index (κ3) is 4.02. The zero-order valence-corrected chi connectivity index (χ0v) is 17.3. The second kappa shape index (κ2) is 8.58. The number of thioether (sulfide) groups is 1. The van der Waals surface area contributed by atoms with Gasteiger partial charge in [-0.1, -0.05) is 18.2 Å². The van der Waals surface area contributed by atoms with Crippen LogP contribution in [-0.2, 0) is 14.3 Å². The van der Waals surface area contributed by atoms with Gasteiger partial charge in [-0.2, -0.15) is 0 Å². The van der Waals surface area contributed by atoms with Crippen molar-refractivity contribution < 1.29 is 33.4 Å². The number of rotatable bonds is 6. The lowest BCUT2D eigenvalue weighted by molar-refractivity contribution is -0.255. The van der Waals surface area contributed by atoms with Gasteiger partial charge >= 0.3 is 5.97 Å². The third-order valence-corrected chi connectivity index (χ3v) is 5.44. The molecular weight excluding hydrogens is 410 g/mol. The highest BCUT2D eigenvalue weighted by molar-refractivity contribution is 8.18. The number of carbonyl (C=O) groups excluding carboxylic acids is 4. The minimum absolute atomic E-state index is 0.0551. The van der Waals surface area contributed by atoms with Gasteiger partial charge in [-0.05, 0) is 50.2 Å². The molecule has 1 aromatic heterocycles. The van der Waals surface area contributed by atoms with E-state index in [-0.39, 0.29) is 17.1 Å². The van der Waals surface area contributed by atoms with Crippen LogP contribution in [0.25, 0.3) is 17.4 Å². The Hall–Kier alpha value is -3.33. The lowest BCUT2D eigenvalue weighted by Crippen LogP contribution is -2.42. The molecule has 1 atom stereocenters. The molecule has 1 aromatic carbocycles. The van der Waals surface area contributed by atoms with Crippen LogP contribution in [0.4, 0.5) is 4.79 Å². The fraction of sp³-hybridized carbons (Fsp3) is 0.238. The highest BCUT2D eigenvalue weighted by Gasteiger charge is 2.41. The van der Waals surface area contributed by atoms with Crippen LogP contribution in [0, 0.1) is 6.92 Å². The molecule has 0 aliphatic carbocycles. The minimum Gasteiger partial charge on any atom is -0.545 e. The maximum atomic E-state index is 12.6. The smallest absolute Gasteiger partial charge is 0.329 e. The number of carboxylic acid groups (broad SMARTS) is 1. The van der Waals surface area contributed by atoms with E-state index in [1.165, 1.54) is 19.1 Å². The Morgan fingerprint density at radius 2 is 2.00 bits per heavy atom. The zero-order valence-electron chi connectivity index (χ0n) is 16.5. The Kier molecular flexibility index (Phi) is 6.12. The summed E-state index contributed by atoms with van der Waals surface area (Å²) in [6.07, 6.45) is 1.41. The molecule has 0 saturated carbocycles. The Bertz CT molecular complexity index is 1070. The lowest BCUT2D eigenvalue weighted by Gasteiger charge is -2.19. The first kappa shape index (κ1) is 21.4. The van der Waals surface area contributed by atoms with E-state index in [9.17, 15) is 24.3 Å². The zero-order chi connectivity index (χ0) is 22.0. The van der Waals surface area contributed by atoms with E-state index in [4.69, 9.17) is 9.15 Å². The standard InChI is InChI=1S/C21H19NO7S/c1-4-28-20(26)12(3)22-18(23)17(30-21(22)27)10-13-8-9-16(29-13)14-6-5-7-15(11(14)2)19(24)25/h5-10,12H,4H2,1-3H3,(H,24,25)/p-1/b17-10+/t12-/m1/s1. The Balaban J connectivity index is 1.86. The molecule has 1 aliphatic heterocycles. The molecule has 30 heavy (non-hydrogen) atoms. The van der Waals surface area contributed by atoms with Crippen LogP contribution in [0.2, 0.25) is 0 Å². The van der Waals surface area contributed by atoms with Crippen molar-refractivity contribution in [3.8, 4) is 11.3 Å². The summed E-state index contributed by atoms with van der Waals surface area (Å²) in [5.74, 6) is -1.85. The second-order valence-corrected chi connectivity index (χ2v) is 7.44. The monoisotopic (exact) mass is 428 g/mol. The number of esters is 1. The second-order valence-electron chi connectivity index (χ2n) is 6.45. The first-order valence-electron chi connectivity index (χ1n) is 9.09. The number of carboxylic acids is 1. The highest BCUT2D eigenvalue weighted by Crippen LogP contribution is 2.35. The average Bonchev–Trinajstić information content (AvgIpc) is 3.26. The van der Waals surface area contributed by atoms with Gasteiger partial charge in [0.25, 0.3) is 11.1 Å². The van der Waals surface area contributed by atoms with Crippen LogP contribution in [0.15, 0.2) is 39.7 Å². The molecule has 2 aromatic rings. The number of imide groups is 1. The highest BCUT2D eigenvalue weighted by atomic mass is 32.2. The molecular formula is C21H18NO7S-. The van der Waals surface area contributed by atoms with Gasteiger partial charge < -0.3 is 19.1 Å². The predicted molar refractivity (Wildman–Crippen MR) is 107 cm³/mol. The number of nitrogens with zero attached hydrogens (tertiary/aromatic N) is 1. The molecule has 2 amide bonds. The van der Waals surface area contributed by atoms with Gasteiger partial charge in [0, 0.05) is 17.2 Å². The molecule has 0 bridgehead atoms. The molecule has 0 unspecified atom stereocenters. The summed E-state index contributed by atoms with van der Waals surface area (Å²) >= 11 is 0.700. The van der Waals surface area contributed by atoms with Crippen LogP contribution in [0.3, 0.4) is 0 Å². The van der Waals surface area contributed by atoms with Crippen LogP contribution in [-0.4, -0.2) is 40.6 Å². The summed E-state index contributed by atoms with van der Waals surface area (Å²) in [5, 5.41) is 10.6. The van der Waals surface area contributed by atoms with Gasteiger partial charge in [0.2, 0.25) is 0 Å². The number of furan rings is 1. The quantitative estimate of drug-likeness (QED) is 0.509. The molecule has 1 aliphatic rings. The van der Waals surface area contributed by atoms with Crippen molar-refractivity contribution in [3.05, 3.63) is 52.1 Å². The minimum atomic E-state index is -1.29. The average molecular weight is 428 g/mol. The van der Waals surface area contributed by atoms with Crippen molar-refractivity contribution in [2.24, 2.45) is 0 Å². The van der Waals surface area contributed by atoms with Crippen LogP contribution in [0.5, 0.6) is 0 Å². The normalized spacial score (nSPS) is 16.2. The molecule has 0 radical (unpaired) electrons. The van der Waals surface area contributed by atoms with E-state index in [0.29, 0.717) is 34.4 Å².